The minimum absolute atomic E-state index is 0.0274. The lowest BCUT2D eigenvalue weighted by Crippen LogP contribution is -2.37. The van der Waals surface area contributed by atoms with Crippen molar-refractivity contribution in [3.05, 3.63) is 205 Å². The highest BCUT2D eigenvalue weighted by Gasteiger charge is 2.29. The molecule has 0 bridgehead atoms. The molecule has 0 saturated heterocycles. The highest BCUT2D eigenvalue weighted by atomic mass is 15.2. The molecule has 0 spiro atoms. The number of nitrogens with one attached hydrogen (secondary N) is 2. The molecule has 0 amide bonds. The summed E-state index contributed by atoms with van der Waals surface area (Å²) < 4.78 is 2.49. The summed E-state index contributed by atoms with van der Waals surface area (Å²) in [6.07, 6.45) is -0.103. The van der Waals surface area contributed by atoms with Gasteiger partial charge in [0.05, 0.1) is 22.8 Å². The molecular weight excluding hydrogens is 643 g/mol. The van der Waals surface area contributed by atoms with Crippen LogP contribution in [0.4, 0.5) is 5.69 Å². The molecule has 0 radical (unpaired) electrons. The van der Waals surface area contributed by atoms with Gasteiger partial charge in [-0.3, -0.25) is 5.32 Å². The number of fused-ring (bicyclic) bond motifs is 9. The maximum Gasteiger partial charge on any atom is 0.105 e. The molecule has 11 rings (SSSR count). The Labute approximate surface area is 307 Å². The molecule has 3 heteroatoms. The Morgan fingerprint density at radius 1 is 0.396 bits per heavy atom. The Kier molecular flexibility index (Phi) is 6.76. The van der Waals surface area contributed by atoms with E-state index in [2.05, 4.69) is 203 Å². The predicted molar refractivity (Wildman–Crippen MR) is 223 cm³/mol. The van der Waals surface area contributed by atoms with Gasteiger partial charge in [-0.15, -0.1) is 0 Å². The van der Waals surface area contributed by atoms with Crippen LogP contribution in [-0.4, -0.2) is 4.57 Å². The van der Waals surface area contributed by atoms with Crippen LogP contribution in [0.1, 0.15) is 28.9 Å². The lowest BCUT2D eigenvalue weighted by molar-refractivity contribution is 0.508. The van der Waals surface area contributed by atoms with E-state index in [4.69, 9.17) is 0 Å². The highest BCUT2D eigenvalue weighted by Crippen LogP contribution is 2.43. The first-order valence-corrected chi connectivity index (χ1v) is 18.4. The zero-order valence-corrected chi connectivity index (χ0v) is 29.0. The third-order valence-corrected chi connectivity index (χ3v) is 11.3. The zero-order valence-electron chi connectivity index (χ0n) is 29.0. The first kappa shape index (κ1) is 30.0. The normalized spacial score (nSPS) is 15.6. The van der Waals surface area contributed by atoms with E-state index in [-0.39, 0.29) is 12.2 Å². The van der Waals surface area contributed by atoms with Crippen molar-refractivity contribution in [3.63, 3.8) is 0 Å². The van der Waals surface area contributed by atoms with Crippen LogP contribution >= 0.6 is 0 Å². The summed E-state index contributed by atoms with van der Waals surface area (Å²) in [6, 6.07) is 68.6. The number of anilines is 1. The molecule has 9 aromatic carbocycles. The van der Waals surface area contributed by atoms with Crippen LogP contribution in [-0.2, 0) is 0 Å². The van der Waals surface area contributed by atoms with E-state index in [9.17, 15) is 0 Å². The molecule has 0 fully saturated rings. The van der Waals surface area contributed by atoms with E-state index in [1.165, 1.54) is 87.6 Å². The summed E-state index contributed by atoms with van der Waals surface area (Å²) in [5, 5.41) is 18.0. The van der Waals surface area contributed by atoms with Crippen molar-refractivity contribution in [2.75, 3.05) is 5.32 Å². The van der Waals surface area contributed by atoms with Crippen LogP contribution in [0.2, 0.25) is 0 Å². The van der Waals surface area contributed by atoms with Crippen molar-refractivity contribution in [2.24, 2.45) is 0 Å². The maximum absolute atomic E-state index is 4.03. The van der Waals surface area contributed by atoms with Gasteiger partial charge in [-0.2, -0.15) is 0 Å². The number of hydrogen-bond donors (Lipinski definition) is 2. The molecule has 3 nitrogen and oxygen atoms in total. The van der Waals surface area contributed by atoms with Crippen LogP contribution < -0.4 is 10.6 Å². The van der Waals surface area contributed by atoms with Crippen molar-refractivity contribution in [1.82, 2.24) is 9.88 Å². The monoisotopic (exact) mass is 677 g/mol. The SMILES string of the molecule is c1ccc(-c2ccc(C3NC(c4cccc5c(-n6c7ccc8ccccc8c7c7c8ccccc8ccc76)cccc45)Nc4ccccc43)cc2)cc1. The Morgan fingerprint density at radius 2 is 0.962 bits per heavy atom. The van der Waals surface area contributed by atoms with Gasteiger partial charge in [-0.1, -0.05) is 164 Å². The first-order valence-electron chi connectivity index (χ1n) is 18.4. The van der Waals surface area contributed by atoms with Crippen molar-refractivity contribution < 1.29 is 0 Å². The molecule has 2 atom stereocenters. The molecule has 2 heterocycles. The first-order chi connectivity index (χ1) is 26.3. The molecule has 2 N–H and O–H groups in total. The second-order valence-corrected chi connectivity index (χ2v) is 14.2. The summed E-state index contributed by atoms with van der Waals surface area (Å²) in [4.78, 5) is 0. The van der Waals surface area contributed by atoms with Crippen LogP contribution in [0, 0.1) is 0 Å². The van der Waals surface area contributed by atoms with Gasteiger partial charge in [0.25, 0.3) is 0 Å². The van der Waals surface area contributed by atoms with Crippen LogP contribution in [0.15, 0.2) is 188 Å². The standard InChI is InChI=1S/C50H35N3/c1-2-12-32(13-3-1)33-24-26-36(27-25-33)49-42-18-8-9-22-43(42)51-50(52-49)41-21-10-20-40-39(41)19-11-23-44(40)53-45-30-28-34-14-4-6-16-37(34)47(45)48-38-17-7-5-15-35(38)29-31-46(48)53/h1-31,49-52H. The largest absolute Gasteiger partial charge is 0.366 e. The molecule has 1 aromatic heterocycles. The Hall–Kier alpha value is -6.68. The molecule has 53 heavy (non-hydrogen) atoms. The third kappa shape index (κ3) is 4.71. The lowest BCUT2D eigenvalue weighted by atomic mass is 9.91. The van der Waals surface area contributed by atoms with Gasteiger partial charge in [-0.25, -0.2) is 0 Å². The predicted octanol–water partition coefficient (Wildman–Crippen LogP) is 12.7. The fourth-order valence-corrected chi connectivity index (χ4v) is 8.85. The maximum atomic E-state index is 4.03. The summed E-state index contributed by atoms with van der Waals surface area (Å²) in [5.41, 5.74) is 10.9. The van der Waals surface area contributed by atoms with E-state index in [0.29, 0.717) is 0 Å². The molecular formula is C50H35N3. The molecule has 0 aliphatic carbocycles. The molecule has 1 aliphatic rings. The summed E-state index contributed by atoms with van der Waals surface area (Å²) in [7, 11) is 0. The third-order valence-electron chi connectivity index (χ3n) is 11.3. The fourth-order valence-electron chi connectivity index (χ4n) is 8.85. The van der Waals surface area contributed by atoms with Crippen LogP contribution in [0.25, 0.3) is 70.9 Å². The van der Waals surface area contributed by atoms with Crippen molar-refractivity contribution in [2.45, 2.75) is 12.2 Å². The van der Waals surface area contributed by atoms with E-state index in [0.717, 1.165) is 5.69 Å². The van der Waals surface area contributed by atoms with Crippen LogP contribution in [0.5, 0.6) is 0 Å². The Morgan fingerprint density at radius 3 is 1.70 bits per heavy atom. The average molecular weight is 678 g/mol. The number of hydrogen-bond acceptors (Lipinski definition) is 2. The van der Waals surface area contributed by atoms with Gasteiger partial charge in [-0.05, 0) is 79.0 Å². The van der Waals surface area contributed by atoms with E-state index in [1.807, 2.05) is 0 Å². The molecule has 0 saturated carbocycles. The summed E-state index contributed by atoms with van der Waals surface area (Å²) in [5.74, 6) is 0. The number of benzene rings is 9. The number of para-hydroxylation sites is 1. The average Bonchev–Trinajstić information content (AvgIpc) is 3.58. The molecule has 1 aliphatic heterocycles. The van der Waals surface area contributed by atoms with Crippen molar-refractivity contribution in [3.8, 4) is 16.8 Å². The quantitative estimate of drug-likeness (QED) is 0.194. The summed E-state index contributed by atoms with van der Waals surface area (Å²) in [6.45, 7) is 0. The van der Waals surface area contributed by atoms with Crippen LogP contribution in [0.3, 0.4) is 0 Å². The second kappa shape index (κ2) is 11.9. The van der Waals surface area contributed by atoms with Gasteiger partial charge >= 0.3 is 0 Å². The Bertz CT molecular complexity index is 2920. The van der Waals surface area contributed by atoms with Gasteiger partial charge in [0.2, 0.25) is 0 Å². The summed E-state index contributed by atoms with van der Waals surface area (Å²) >= 11 is 0. The fraction of sp³-hybridized carbons (Fsp3) is 0.0400. The van der Waals surface area contributed by atoms with Gasteiger partial charge in [0.1, 0.15) is 6.17 Å². The molecule has 250 valence electrons. The van der Waals surface area contributed by atoms with Gasteiger partial charge in [0, 0.05) is 21.8 Å². The zero-order chi connectivity index (χ0) is 34.9. The van der Waals surface area contributed by atoms with Crippen molar-refractivity contribution >= 4 is 59.8 Å². The van der Waals surface area contributed by atoms with Gasteiger partial charge < -0.3 is 9.88 Å². The lowest BCUT2D eigenvalue weighted by Gasteiger charge is -2.36. The number of rotatable bonds is 4. The Balaban J connectivity index is 1.08. The van der Waals surface area contributed by atoms with E-state index in [1.54, 1.807) is 0 Å². The molecule has 2 unspecified atom stereocenters. The molecule has 10 aromatic rings. The van der Waals surface area contributed by atoms with E-state index >= 15 is 0 Å². The number of nitrogens with zero attached hydrogens (tertiary/aromatic N) is 1. The minimum atomic E-state index is -0.103. The second-order valence-electron chi connectivity index (χ2n) is 14.2. The topological polar surface area (TPSA) is 29.0 Å². The van der Waals surface area contributed by atoms with Crippen molar-refractivity contribution in [1.29, 1.82) is 0 Å². The smallest absolute Gasteiger partial charge is 0.105 e. The number of aromatic nitrogens is 1. The van der Waals surface area contributed by atoms with Gasteiger partial charge in [0.15, 0.2) is 0 Å². The highest BCUT2D eigenvalue weighted by molar-refractivity contribution is 6.28. The minimum Gasteiger partial charge on any atom is -0.366 e. The van der Waals surface area contributed by atoms with E-state index < -0.39 is 0 Å².